The van der Waals surface area contributed by atoms with Gasteiger partial charge in [-0.05, 0) is 17.2 Å². The number of halogens is 2. The number of nitrogens with one attached hydrogen (secondary N) is 1. The van der Waals surface area contributed by atoms with E-state index in [9.17, 15) is 18.4 Å². The minimum atomic E-state index is -2.45. The lowest BCUT2D eigenvalue weighted by Crippen LogP contribution is -2.41. The summed E-state index contributed by atoms with van der Waals surface area (Å²) in [6, 6.07) is 8.29. The summed E-state index contributed by atoms with van der Waals surface area (Å²) in [6.07, 6.45) is -1.36. The topological polar surface area (TPSA) is 80.8 Å². The third kappa shape index (κ3) is 5.80. The van der Waals surface area contributed by atoms with Crippen molar-refractivity contribution in [2.75, 3.05) is 45.3 Å². The molecule has 1 saturated heterocycles. The van der Waals surface area contributed by atoms with E-state index in [0.29, 0.717) is 43.0 Å². The normalized spacial score (nSPS) is 14.5. The largest absolute Gasteiger partial charge is 0.464 e. The fourth-order valence-electron chi connectivity index (χ4n) is 3.19. The molecule has 0 saturated carbocycles. The lowest BCUT2D eigenvalue weighted by atomic mass is 10.0. The van der Waals surface area contributed by atoms with Crippen LogP contribution in [0.3, 0.4) is 0 Å². The Labute approximate surface area is 173 Å². The van der Waals surface area contributed by atoms with Crippen molar-refractivity contribution < 1.29 is 27.8 Å². The van der Waals surface area contributed by atoms with Crippen molar-refractivity contribution in [1.29, 1.82) is 0 Å². The fourth-order valence-corrected chi connectivity index (χ4v) is 3.19. The van der Waals surface area contributed by atoms with E-state index < -0.39 is 12.4 Å². The Morgan fingerprint density at radius 2 is 2.00 bits per heavy atom. The van der Waals surface area contributed by atoms with Crippen molar-refractivity contribution in [3.8, 4) is 11.1 Å². The molecule has 9 heteroatoms. The van der Waals surface area contributed by atoms with Gasteiger partial charge < -0.3 is 14.8 Å². The van der Waals surface area contributed by atoms with Crippen LogP contribution in [0.25, 0.3) is 11.1 Å². The number of benzene rings is 1. The Bertz CT molecular complexity index is 902. The molecule has 0 aliphatic carbocycles. The van der Waals surface area contributed by atoms with Gasteiger partial charge in [-0.2, -0.15) is 0 Å². The van der Waals surface area contributed by atoms with E-state index in [4.69, 9.17) is 9.47 Å². The number of rotatable bonds is 7. The number of aromatic nitrogens is 1. The summed E-state index contributed by atoms with van der Waals surface area (Å²) in [5.41, 5.74) is 1.90. The van der Waals surface area contributed by atoms with Crippen LogP contribution < -0.4 is 5.32 Å². The van der Waals surface area contributed by atoms with E-state index in [1.54, 1.807) is 30.3 Å². The van der Waals surface area contributed by atoms with Crippen LogP contribution in [-0.4, -0.2) is 68.1 Å². The van der Waals surface area contributed by atoms with Crippen LogP contribution in [0.2, 0.25) is 0 Å². The van der Waals surface area contributed by atoms with Gasteiger partial charge in [-0.1, -0.05) is 24.3 Å². The van der Waals surface area contributed by atoms with Gasteiger partial charge in [0.1, 0.15) is 0 Å². The summed E-state index contributed by atoms with van der Waals surface area (Å²) in [5, 5.41) is 2.73. The summed E-state index contributed by atoms with van der Waals surface area (Å²) < 4.78 is 35.5. The Kier molecular flexibility index (Phi) is 7.42. The van der Waals surface area contributed by atoms with Crippen LogP contribution in [0, 0.1) is 0 Å². The monoisotopic (exact) mass is 419 g/mol. The molecule has 1 aliphatic rings. The van der Waals surface area contributed by atoms with E-state index in [2.05, 4.69) is 10.3 Å². The molecule has 30 heavy (non-hydrogen) atoms. The molecule has 0 bridgehead atoms. The van der Waals surface area contributed by atoms with Crippen molar-refractivity contribution in [3.05, 3.63) is 47.8 Å². The van der Waals surface area contributed by atoms with Crippen LogP contribution in [0.5, 0.6) is 0 Å². The van der Waals surface area contributed by atoms with Crippen molar-refractivity contribution >= 4 is 17.6 Å². The van der Waals surface area contributed by atoms with Crippen LogP contribution in [-0.2, 0) is 20.7 Å². The maximum Gasteiger partial charge on any atom is 0.358 e. The Morgan fingerprint density at radius 1 is 1.23 bits per heavy atom. The standard InChI is InChI=1S/C21H23F2N3O4/c1-29-21(28)20-17(25-19(27)13-26-5-7-30-8-6-26)11-16(12-24-20)15-4-2-3-14(9-15)10-18(22)23/h2-4,9,11-12,18H,5-8,10,13H2,1H3,(H,25,27). The van der Waals surface area contributed by atoms with E-state index in [0.717, 1.165) is 0 Å². The molecular formula is C21H23F2N3O4. The molecule has 1 fully saturated rings. The van der Waals surface area contributed by atoms with Gasteiger partial charge in [-0.25, -0.2) is 18.6 Å². The molecule has 2 aromatic rings. The second-order valence-electron chi connectivity index (χ2n) is 6.84. The number of pyridine rings is 1. The molecule has 1 aliphatic heterocycles. The van der Waals surface area contributed by atoms with E-state index >= 15 is 0 Å². The van der Waals surface area contributed by atoms with Gasteiger partial charge in [0.15, 0.2) is 5.69 Å². The molecule has 1 N–H and O–H groups in total. The van der Waals surface area contributed by atoms with Crippen molar-refractivity contribution in [2.24, 2.45) is 0 Å². The molecular weight excluding hydrogens is 396 g/mol. The lowest BCUT2D eigenvalue weighted by molar-refractivity contribution is -0.118. The highest BCUT2D eigenvalue weighted by Gasteiger charge is 2.19. The number of nitrogens with zero attached hydrogens (tertiary/aromatic N) is 2. The number of methoxy groups -OCH3 is 1. The molecule has 0 unspecified atom stereocenters. The quantitative estimate of drug-likeness (QED) is 0.695. The third-order valence-electron chi connectivity index (χ3n) is 4.66. The van der Waals surface area contributed by atoms with Crippen molar-refractivity contribution in [3.63, 3.8) is 0 Å². The minimum Gasteiger partial charge on any atom is -0.464 e. The van der Waals surface area contributed by atoms with E-state index in [1.165, 1.54) is 13.3 Å². The summed E-state index contributed by atoms with van der Waals surface area (Å²) in [6.45, 7) is 2.57. The van der Waals surface area contributed by atoms with Crippen molar-refractivity contribution in [2.45, 2.75) is 12.8 Å². The Balaban J connectivity index is 1.84. The van der Waals surface area contributed by atoms with E-state index in [1.807, 2.05) is 4.90 Å². The van der Waals surface area contributed by atoms with Crippen molar-refractivity contribution in [1.82, 2.24) is 9.88 Å². The number of carbonyl (C=O) groups is 2. The second kappa shape index (κ2) is 10.2. The molecule has 0 spiro atoms. The molecule has 0 atom stereocenters. The number of alkyl halides is 2. The fraction of sp³-hybridized carbons (Fsp3) is 0.381. The number of hydrogen-bond acceptors (Lipinski definition) is 6. The van der Waals surface area contributed by atoms with Gasteiger partial charge in [0.2, 0.25) is 12.3 Å². The van der Waals surface area contributed by atoms with Gasteiger partial charge in [0.25, 0.3) is 0 Å². The first-order valence-electron chi connectivity index (χ1n) is 9.52. The van der Waals surface area contributed by atoms with Gasteiger partial charge >= 0.3 is 5.97 Å². The Hall–Kier alpha value is -2.91. The maximum absolute atomic E-state index is 12.7. The highest BCUT2D eigenvalue weighted by molar-refractivity contribution is 6.01. The minimum absolute atomic E-state index is 0.0275. The number of morpholine rings is 1. The molecule has 0 radical (unpaired) electrons. The van der Waals surface area contributed by atoms with Gasteiger partial charge in [0, 0.05) is 31.3 Å². The lowest BCUT2D eigenvalue weighted by Gasteiger charge is -2.25. The average Bonchev–Trinajstić information content (AvgIpc) is 2.73. The molecule has 2 heterocycles. The predicted molar refractivity (Wildman–Crippen MR) is 107 cm³/mol. The number of anilines is 1. The highest BCUT2D eigenvalue weighted by Crippen LogP contribution is 2.26. The molecule has 160 valence electrons. The highest BCUT2D eigenvalue weighted by atomic mass is 19.3. The first-order chi connectivity index (χ1) is 14.5. The molecule has 1 aromatic carbocycles. The molecule has 7 nitrogen and oxygen atoms in total. The first-order valence-corrected chi connectivity index (χ1v) is 9.52. The number of amides is 1. The first kappa shape index (κ1) is 21.8. The maximum atomic E-state index is 12.7. The molecule has 1 aromatic heterocycles. The smallest absolute Gasteiger partial charge is 0.358 e. The van der Waals surface area contributed by atoms with Crippen LogP contribution in [0.15, 0.2) is 36.5 Å². The Morgan fingerprint density at radius 3 is 2.70 bits per heavy atom. The summed E-state index contributed by atoms with van der Waals surface area (Å²) >= 11 is 0. The van der Waals surface area contributed by atoms with Crippen LogP contribution in [0.1, 0.15) is 16.1 Å². The molecule has 1 amide bonds. The average molecular weight is 419 g/mol. The van der Waals surface area contributed by atoms with Crippen LogP contribution >= 0.6 is 0 Å². The zero-order chi connectivity index (χ0) is 21.5. The number of ether oxygens (including phenoxy) is 2. The van der Waals surface area contributed by atoms with Gasteiger partial charge in [-0.15, -0.1) is 0 Å². The van der Waals surface area contributed by atoms with Gasteiger partial charge in [0.05, 0.1) is 32.6 Å². The predicted octanol–water partition coefficient (Wildman–Crippen LogP) is 2.61. The molecule has 3 rings (SSSR count). The summed E-state index contributed by atoms with van der Waals surface area (Å²) in [4.78, 5) is 30.7. The SMILES string of the molecule is COC(=O)c1ncc(-c2cccc(CC(F)F)c2)cc1NC(=O)CN1CCOCC1. The van der Waals surface area contributed by atoms with Crippen LogP contribution in [0.4, 0.5) is 14.5 Å². The third-order valence-corrected chi connectivity index (χ3v) is 4.66. The van der Waals surface area contributed by atoms with Gasteiger partial charge in [-0.3, -0.25) is 9.69 Å². The summed E-state index contributed by atoms with van der Waals surface area (Å²) in [5.74, 6) is -0.984. The number of esters is 1. The number of hydrogen-bond donors (Lipinski definition) is 1. The second-order valence-corrected chi connectivity index (χ2v) is 6.84. The zero-order valence-electron chi connectivity index (χ0n) is 16.6. The zero-order valence-corrected chi connectivity index (χ0v) is 16.6. The van der Waals surface area contributed by atoms with E-state index in [-0.39, 0.29) is 30.3 Å². The number of carbonyl (C=O) groups excluding carboxylic acids is 2. The summed E-state index contributed by atoms with van der Waals surface area (Å²) in [7, 11) is 1.23.